The van der Waals surface area contributed by atoms with Crippen molar-refractivity contribution in [3.63, 3.8) is 0 Å². The highest BCUT2D eigenvalue weighted by Crippen LogP contribution is 2.58. The zero-order chi connectivity index (χ0) is 24.4. The second kappa shape index (κ2) is 10.5. The molecule has 3 aliphatic carbocycles. The van der Waals surface area contributed by atoms with E-state index in [9.17, 15) is 20.1 Å². The number of ether oxygens (including phenoxy) is 1. The van der Waals surface area contributed by atoms with Crippen LogP contribution in [-0.2, 0) is 9.53 Å². The predicted molar refractivity (Wildman–Crippen MR) is 130 cm³/mol. The molecule has 33 heavy (non-hydrogen) atoms. The third-order valence-corrected chi connectivity index (χ3v) is 8.98. The van der Waals surface area contributed by atoms with E-state index < -0.39 is 17.8 Å². The zero-order valence-corrected chi connectivity index (χ0v) is 21.0. The number of aliphatic hydroxyl groups is 3. The Morgan fingerprint density at radius 2 is 1.97 bits per heavy atom. The molecule has 0 amide bonds. The molecule has 0 bridgehead atoms. The normalized spacial score (nSPS) is 36.2. The van der Waals surface area contributed by atoms with Crippen LogP contribution < -0.4 is 0 Å². The molecule has 0 saturated heterocycles. The molecule has 0 aliphatic heterocycles. The van der Waals surface area contributed by atoms with Crippen molar-refractivity contribution < 1.29 is 24.9 Å². The molecule has 0 spiro atoms. The van der Waals surface area contributed by atoms with Crippen LogP contribution in [0.1, 0.15) is 91.9 Å². The lowest BCUT2D eigenvalue weighted by molar-refractivity contribution is -0.159. The number of rotatable bonds is 7. The summed E-state index contributed by atoms with van der Waals surface area (Å²) in [7, 11) is 0. The number of hydrogen-bond donors (Lipinski definition) is 3. The maximum absolute atomic E-state index is 12.6. The molecule has 186 valence electrons. The predicted octanol–water partition coefficient (Wildman–Crippen LogP) is 5.00. The van der Waals surface area contributed by atoms with Gasteiger partial charge < -0.3 is 20.1 Å². The third kappa shape index (κ3) is 5.63. The summed E-state index contributed by atoms with van der Waals surface area (Å²) < 4.78 is 5.88. The number of esters is 1. The molecule has 0 radical (unpaired) electrons. The minimum atomic E-state index is -0.975. The van der Waals surface area contributed by atoms with Crippen LogP contribution in [0.25, 0.3) is 0 Å². The molecule has 3 N–H and O–H groups in total. The Balaban J connectivity index is 1.71. The van der Waals surface area contributed by atoms with Gasteiger partial charge in [-0.15, -0.1) is 0 Å². The summed E-state index contributed by atoms with van der Waals surface area (Å²) >= 11 is 0. The van der Waals surface area contributed by atoms with E-state index in [0.717, 1.165) is 43.3 Å². The van der Waals surface area contributed by atoms with Crippen molar-refractivity contribution in [3.05, 3.63) is 35.5 Å². The minimum Gasteiger partial charge on any atom is -0.462 e. The number of fused-ring (bicyclic) bond motifs is 1. The average molecular weight is 461 g/mol. The lowest BCUT2D eigenvalue weighted by atomic mass is 9.62. The lowest BCUT2D eigenvalue weighted by Crippen LogP contribution is -2.40. The summed E-state index contributed by atoms with van der Waals surface area (Å²) in [6.45, 7) is 12.2. The number of aliphatic hydroxyl groups excluding tert-OH is 2. The van der Waals surface area contributed by atoms with Crippen LogP contribution >= 0.6 is 0 Å². The van der Waals surface area contributed by atoms with Crippen molar-refractivity contribution in [2.24, 2.45) is 17.3 Å². The Bertz CT molecular complexity index is 792. The summed E-state index contributed by atoms with van der Waals surface area (Å²) in [5.74, 6) is 0.446. The van der Waals surface area contributed by atoms with Gasteiger partial charge in [0.2, 0.25) is 0 Å². The highest BCUT2D eigenvalue weighted by molar-refractivity contribution is 5.70. The molecule has 5 heteroatoms. The van der Waals surface area contributed by atoms with Gasteiger partial charge in [0, 0.05) is 12.3 Å². The summed E-state index contributed by atoms with van der Waals surface area (Å²) in [5, 5.41) is 30.7. The van der Waals surface area contributed by atoms with Gasteiger partial charge in [-0.1, -0.05) is 45.1 Å². The van der Waals surface area contributed by atoms with Gasteiger partial charge in [0.25, 0.3) is 0 Å². The van der Waals surface area contributed by atoms with Crippen molar-refractivity contribution in [3.8, 4) is 0 Å². The first-order chi connectivity index (χ1) is 15.5. The molecule has 3 rings (SSSR count). The van der Waals surface area contributed by atoms with E-state index in [1.165, 1.54) is 5.57 Å². The van der Waals surface area contributed by atoms with Crippen LogP contribution in [0, 0.1) is 17.3 Å². The quantitative estimate of drug-likeness (QED) is 0.466. The van der Waals surface area contributed by atoms with Gasteiger partial charge in [0.1, 0.15) is 6.10 Å². The Morgan fingerprint density at radius 1 is 1.27 bits per heavy atom. The van der Waals surface area contributed by atoms with Gasteiger partial charge >= 0.3 is 5.97 Å². The van der Waals surface area contributed by atoms with Crippen LogP contribution in [0.2, 0.25) is 0 Å². The van der Waals surface area contributed by atoms with Gasteiger partial charge in [-0.25, -0.2) is 0 Å². The third-order valence-electron chi connectivity index (χ3n) is 8.98. The fraction of sp³-hybridized carbons (Fsp3) is 0.750. The van der Waals surface area contributed by atoms with Crippen LogP contribution in [0.4, 0.5) is 0 Å². The largest absolute Gasteiger partial charge is 0.462 e. The van der Waals surface area contributed by atoms with Crippen molar-refractivity contribution in [2.45, 2.75) is 116 Å². The second-order valence-electron chi connectivity index (χ2n) is 11.0. The van der Waals surface area contributed by atoms with E-state index in [1.807, 2.05) is 20.8 Å². The van der Waals surface area contributed by atoms with E-state index in [2.05, 4.69) is 25.7 Å². The van der Waals surface area contributed by atoms with Gasteiger partial charge in [0.05, 0.1) is 24.2 Å². The van der Waals surface area contributed by atoms with Crippen molar-refractivity contribution in [1.82, 2.24) is 0 Å². The summed E-state index contributed by atoms with van der Waals surface area (Å²) in [6.07, 6.45) is 10.3. The van der Waals surface area contributed by atoms with E-state index in [4.69, 9.17) is 4.74 Å². The molecule has 0 heterocycles. The molecule has 3 fully saturated rings. The average Bonchev–Trinajstić information content (AvgIpc) is 3.12. The van der Waals surface area contributed by atoms with Gasteiger partial charge in [-0.2, -0.15) is 0 Å². The van der Waals surface area contributed by atoms with E-state index in [-0.39, 0.29) is 23.9 Å². The Labute approximate surface area is 199 Å². The fourth-order valence-electron chi connectivity index (χ4n) is 6.62. The van der Waals surface area contributed by atoms with Crippen LogP contribution in [0.15, 0.2) is 35.5 Å². The second-order valence-corrected chi connectivity index (χ2v) is 11.0. The number of hydrogen-bond acceptors (Lipinski definition) is 5. The van der Waals surface area contributed by atoms with Crippen molar-refractivity contribution in [2.75, 3.05) is 0 Å². The zero-order valence-electron chi connectivity index (χ0n) is 21.0. The Morgan fingerprint density at radius 3 is 2.64 bits per heavy atom. The Hall–Kier alpha value is -1.43. The highest BCUT2D eigenvalue weighted by Gasteiger charge is 2.51. The number of carbonyl (C=O) groups is 1. The molecule has 6 atom stereocenters. The monoisotopic (exact) mass is 460 g/mol. The van der Waals surface area contributed by atoms with Crippen LogP contribution in [0.3, 0.4) is 0 Å². The van der Waals surface area contributed by atoms with E-state index >= 15 is 0 Å². The SMILES string of the molecule is C=C1/C(=C\C=C2/CCC[C@]3(C)[C@@H]([C@H](C)OC(=O)CC(O)(CC)CC)CC[C@@H]23)C[C@@H](O)C[C@@H]1O. The molecule has 0 unspecified atom stereocenters. The molecular formula is C28H44O5. The molecule has 0 aromatic carbocycles. The molecule has 3 aliphatic rings. The number of carbonyl (C=O) groups excluding carboxylic acids is 1. The summed E-state index contributed by atoms with van der Waals surface area (Å²) in [5.41, 5.74) is 2.19. The first kappa shape index (κ1) is 26.2. The standard InChI is InChI=1S/C28H44O5/c1-6-28(32,7-2)17-26(31)33-19(4)23-12-13-24-20(9-8-14-27(23,24)5)10-11-21-15-22(29)16-25(30)18(21)3/h10-11,19,22-25,29-30,32H,3,6-9,12-17H2,1-2,4-5H3/b20-10+,21-11-/t19-,22+,23+,24-,25-,27+/m0/s1. The first-order valence-corrected chi connectivity index (χ1v) is 12.9. The summed E-state index contributed by atoms with van der Waals surface area (Å²) in [6, 6.07) is 0. The van der Waals surface area contributed by atoms with Gasteiger partial charge in [-0.3, -0.25) is 4.79 Å². The fourth-order valence-corrected chi connectivity index (χ4v) is 6.62. The highest BCUT2D eigenvalue weighted by atomic mass is 16.5. The Kier molecular flexibility index (Phi) is 8.29. The van der Waals surface area contributed by atoms with Crippen LogP contribution in [0.5, 0.6) is 0 Å². The topological polar surface area (TPSA) is 87.0 Å². The van der Waals surface area contributed by atoms with Crippen molar-refractivity contribution >= 4 is 5.97 Å². The van der Waals surface area contributed by atoms with Gasteiger partial charge in [-0.05, 0) is 80.8 Å². The minimum absolute atomic E-state index is 0.0531. The van der Waals surface area contributed by atoms with E-state index in [1.54, 1.807) is 0 Å². The summed E-state index contributed by atoms with van der Waals surface area (Å²) in [4.78, 5) is 12.6. The lowest BCUT2D eigenvalue weighted by Gasteiger charge is -2.44. The molecule has 3 saturated carbocycles. The first-order valence-electron chi connectivity index (χ1n) is 12.9. The number of allylic oxidation sites excluding steroid dienone is 3. The van der Waals surface area contributed by atoms with Crippen molar-refractivity contribution in [1.29, 1.82) is 0 Å². The molecule has 5 nitrogen and oxygen atoms in total. The molecular weight excluding hydrogens is 416 g/mol. The van der Waals surface area contributed by atoms with E-state index in [0.29, 0.717) is 37.5 Å². The maximum Gasteiger partial charge on any atom is 0.308 e. The van der Waals surface area contributed by atoms with Gasteiger partial charge in [0.15, 0.2) is 0 Å². The smallest absolute Gasteiger partial charge is 0.308 e. The molecule has 0 aromatic rings. The maximum atomic E-state index is 12.6. The molecule has 0 aromatic heterocycles. The van der Waals surface area contributed by atoms with Crippen LogP contribution in [-0.4, -0.2) is 45.2 Å².